The van der Waals surface area contributed by atoms with Crippen LogP contribution in [0.25, 0.3) is 0 Å². The van der Waals surface area contributed by atoms with Crippen LogP contribution in [0.5, 0.6) is 5.75 Å². The molecular formula is C11H14FNO. The average Bonchev–Trinajstić information content (AvgIpc) is 2.64. The Labute approximate surface area is 82.8 Å². The maximum Gasteiger partial charge on any atom is 0.126 e. The number of benzene rings is 1. The van der Waals surface area contributed by atoms with E-state index >= 15 is 0 Å². The third-order valence-corrected chi connectivity index (χ3v) is 2.81. The topological polar surface area (TPSA) is 32.3 Å². The summed E-state index contributed by atoms with van der Waals surface area (Å²) in [6, 6.07) is 2.96. The van der Waals surface area contributed by atoms with Crippen molar-refractivity contribution in [3.05, 3.63) is 29.1 Å². The molecule has 1 saturated heterocycles. The molecule has 0 spiro atoms. The lowest BCUT2D eigenvalue weighted by Gasteiger charge is -2.12. The van der Waals surface area contributed by atoms with Crippen LogP contribution in [0.15, 0.2) is 12.1 Å². The first-order valence-electron chi connectivity index (χ1n) is 4.88. The van der Waals surface area contributed by atoms with Gasteiger partial charge in [0.05, 0.1) is 0 Å². The van der Waals surface area contributed by atoms with Crippen molar-refractivity contribution >= 4 is 0 Å². The van der Waals surface area contributed by atoms with Gasteiger partial charge in [-0.2, -0.15) is 0 Å². The van der Waals surface area contributed by atoms with Gasteiger partial charge in [0.1, 0.15) is 11.6 Å². The van der Waals surface area contributed by atoms with Crippen molar-refractivity contribution in [2.45, 2.75) is 19.3 Å². The highest BCUT2D eigenvalue weighted by atomic mass is 19.1. The summed E-state index contributed by atoms with van der Waals surface area (Å²) in [6.07, 6.45) is 0.968. The molecule has 2 rings (SSSR count). The predicted octanol–water partition coefficient (Wildman–Crippen LogP) is 1.92. The molecule has 2 N–H and O–H groups in total. The highest BCUT2D eigenvalue weighted by molar-refractivity contribution is 5.39. The van der Waals surface area contributed by atoms with Gasteiger partial charge >= 0.3 is 0 Å². The van der Waals surface area contributed by atoms with Crippen LogP contribution in [0, 0.1) is 12.7 Å². The van der Waals surface area contributed by atoms with Crippen LogP contribution < -0.4 is 5.32 Å². The largest absolute Gasteiger partial charge is 0.508 e. The summed E-state index contributed by atoms with van der Waals surface area (Å²) >= 11 is 0. The Bertz CT molecular complexity index is 345. The van der Waals surface area contributed by atoms with Gasteiger partial charge in [0.25, 0.3) is 0 Å². The van der Waals surface area contributed by atoms with Gasteiger partial charge in [-0.3, -0.25) is 0 Å². The normalized spacial score (nSPS) is 21.4. The summed E-state index contributed by atoms with van der Waals surface area (Å²) < 4.78 is 13.3. The molecule has 0 saturated carbocycles. The minimum absolute atomic E-state index is 0.220. The molecule has 1 aromatic carbocycles. The Kier molecular flexibility index (Phi) is 2.42. The number of nitrogens with one attached hydrogen (secondary N) is 1. The molecule has 1 heterocycles. The summed E-state index contributed by atoms with van der Waals surface area (Å²) in [5, 5.41) is 12.9. The van der Waals surface area contributed by atoms with Gasteiger partial charge in [0.15, 0.2) is 0 Å². The number of hydrogen-bond acceptors (Lipinski definition) is 2. The van der Waals surface area contributed by atoms with Crippen molar-refractivity contribution in [1.29, 1.82) is 0 Å². The number of hydrogen-bond donors (Lipinski definition) is 2. The standard InChI is InChI=1S/C11H14FNO/c1-7-4-11(14)9(5-10(7)12)8-2-3-13-6-8/h4-5,8,13-14H,2-3,6H2,1H3. The van der Waals surface area contributed by atoms with E-state index in [4.69, 9.17) is 0 Å². The molecule has 0 amide bonds. The van der Waals surface area contributed by atoms with Crippen LogP contribution in [0.4, 0.5) is 4.39 Å². The molecule has 1 aliphatic heterocycles. The monoisotopic (exact) mass is 195 g/mol. The molecule has 3 heteroatoms. The lowest BCUT2D eigenvalue weighted by atomic mass is 9.96. The molecule has 0 radical (unpaired) electrons. The van der Waals surface area contributed by atoms with E-state index in [2.05, 4.69) is 5.32 Å². The molecule has 76 valence electrons. The van der Waals surface area contributed by atoms with Crippen molar-refractivity contribution in [3.8, 4) is 5.75 Å². The molecule has 1 aromatic rings. The summed E-state index contributed by atoms with van der Waals surface area (Å²) in [5.41, 5.74) is 1.23. The van der Waals surface area contributed by atoms with Crippen LogP contribution in [-0.2, 0) is 0 Å². The molecule has 0 bridgehead atoms. The Balaban J connectivity index is 2.37. The van der Waals surface area contributed by atoms with Crippen molar-refractivity contribution in [1.82, 2.24) is 5.32 Å². The average molecular weight is 195 g/mol. The SMILES string of the molecule is Cc1cc(O)c(C2CCNC2)cc1F. The summed E-state index contributed by atoms with van der Waals surface area (Å²) in [4.78, 5) is 0. The van der Waals surface area contributed by atoms with Crippen molar-refractivity contribution < 1.29 is 9.50 Å². The molecular weight excluding hydrogens is 181 g/mol. The molecule has 1 fully saturated rings. The first kappa shape index (κ1) is 9.46. The van der Waals surface area contributed by atoms with E-state index in [1.165, 1.54) is 12.1 Å². The summed E-state index contributed by atoms with van der Waals surface area (Å²) in [6.45, 7) is 3.43. The minimum Gasteiger partial charge on any atom is -0.508 e. The third kappa shape index (κ3) is 1.60. The highest BCUT2D eigenvalue weighted by Crippen LogP contribution is 2.31. The van der Waals surface area contributed by atoms with Crippen LogP contribution in [0.3, 0.4) is 0 Å². The smallest absolute Gasteiger partial charge is 0.126 e. The fraction of sp³-hybridized carbons (Fsp3) is 0.455. The first-order chi connectivity index (χ1) is 6.68. The second-order valence-corrected chi connectivity index (χ2v) is 3.85. The lowest BCUT2D eigenvalue weighted by molar-refractivity contribution is 0.458. The summed E-state index contributed by atoms with van der Waals surface area (Å²) in [5.74, 6) is 0.243. The van der Waals surface area contributed by atoms with Gasteiger partial charge in [0, 0.05) is 18.0 Å². The molecule has 14 heavy (non-hydrogen) atoms. The van der Waals surface area contributed by atoms with E-state index in [0.29, 0.717) is 5.56 Å². The van der Waals surface area contributed by atoms with E-state index in [1.807, 2.05) is 0 Å². The summed E-state index contributed by atoms with van der Waals surface area (Å²) in [7, 11) is 0. The second kappa shape index (κ2) is 3.58. The van der Waals surface area contributed by atoms with Gasteiger partial charge in [-0.25, -0.2) is 4.39 Å². The Hall–Kier alpha value is -1.09. The van der Waals surface area contributed by atoms with Crippen molar-refractivity contribution in [3.63, 3.8) is 0 Å². The number of rotatable bonds is 1. The number of halogens is 1. The van der Waals surface area contributed by atoms with E-state index < -0.39 is 0 Å². The minimum atomic E-state index is -0.232. The number of aromatic hydroxyl groups is 1. The third-order valence-electron chi connectivity index (χ3n) is 2.81. The Morgan fingerprint density at radius 2 is 2.29 bits per heavy atom. The molecule has 1 unspecified atom stereocenters. The van der Waals surface area contributed by atoms with E-state index in [0.717, 1.165) is 25.1 Å². The Morgan fingerprint density at radius 3 is 2.93 bits per heavy atom. The molecule has 1 aliphatic rings. The van der Waals surface area contributed by atoms with Gasteiger partial charge in [-0.05, 0) is 37.6 Å². The maximum absolute atomic E-state index is 13.3. The fourth-order valence-corrected chi connectivity index (χ4v) is 1.93. The van der Waals surface area contributed by atoms with Gasteiger partial charge in [-0.1, -0.05) is 0 Å². The van der Waals surface area contributed by atoms with E-state index in [1.54, 1.807) is 6.92 Å². The number of phenolic OH excluding ortho intramolecular Hbond substituents is 1. The molecule has 0 aromatic heterocycles. The van der Waals surface area contributed by atoms with Crippen LogP contribution in [0.1, 0.15) is 23.5 Å². The van der Waals surface area contributed by atoms with E-state index in [9.17, 15) is 9.50 Å². The van der Waals surface area contributed by atoms with Crippen LogP contribution >= 0.6 is 0 Å². The van der Waals surface area contributed by atoms with Gasteiger partial charge in [-0.15, -0.1) is 0 Å². The zero-order valence-corrected chi connectivity index (χ0v) is 8.18. The van der Waals surface area contributed by atoms with E-state index in [-0.39, 0.29) is 17.5 Å². The second-order valence-electron chi connectivity index (χ2n) is 3.85. The number of aryl methyl sites for hydroxylation is 1. The van der Waals surface area contributed by atoms with Crippen molar-refractivity contribution in [2.75, 3.05) is 13.1 Å². The predicted molar refractivity (Wildman–Crippen MR) is 53.0 cm³/mol. The zero-order valence-electron chi connectivity index (χ0n) is 8.18. The van der Waals surface area contributed by atoms with Crippen molar-refractivity contribution in [2.24, 2.45) is 0 Å². The number of phenols is 1. The van der Waals surface area contributed by atoms with Gasteiger partial charge < -0.3 is 10.4 Å². The fourth-order valence-electron chi connectivity index (χ4n) is 1.93. The molecule has 1 atom stereocenters. The quantitative estimate of drug-likeness (QED) is 0.717. The Morgan fingerprint density at radius 1 is 1.50 bits per heavy atom. The highest BCUT2D eigenvalue weighted by Gasteiger charge is 2.20. The first-order valence-corrected chi connectivity index (χ1v) is 4.88. The van der Waals surface area contributed by atoms with Gasteiger partial charge in [0.2, 0.25) is 0 Å². The lowest BCUT2D eigenvalue weighted by Crippen LogP contribution is -2.08. The maximum atomic E-state index is 13.3. The molecule has 0 aliphatic carbocycles. The van der Waals surface area contributed by atoms with Crippen LogP contribution in [0.2, 0.25) is 0 Å². The zero-order chi connectivity index (χ0) is 10.1. The van der Waals surface area contributed by atoms with Crippen LogP contribution in [-0.4, -0.2) is 18.2 Å². The molecule has 2 nitrogen and oxygen atoms in total.